The van der Waals surface area contributed by atoms with Crippen LogP contribution in [0.3, 0.4) is 0 Å². The smallest absolute Gasteiger partial charge is 0.151 e. The Bertz CT molecular complexity index is 403. The van der Waals surface area contributed by atoms with E-state index in [1.807, 2.05) is 19.1 Å². The maximum Gasteiger partial charge on any atom is 0.151 e. The quantitative estimate of drug-likeness (QED) is 0.808. The van der Waals surface area contributed by atoms with Gasteiger partial charge in [-0.2, -0.15) is 0 Å². The van der Waals surface area contributed by atoms with Gasteiger partial charge in [-0.25, -0.2) is 8.42 Å². The van der Waals surface area contributed by atoms with Gasteiger partial charge in [0, 0.05) is 30.7 Å². The van der Waals surface area contributed by atoms with E-state index in [0.29, 0.717) is 6.54 Å². The molecule has 90 valence electrons. The molecule has 1 rings (SSSR count). The Morgan fingerprint density at radius 1 is 1.50 bits per heavy atom. The zero-order valence-corrected chi connectivity index (χ0v) is 10.5. The van der Waals surface area contributed by atoms with Crippen molar-refractivity contribution >= 4 is 9.84 Å². The van der Waals surface area contributed by atoms with Crippen molar-refractivity contribution in [3.63, 3.8) is 0 Å². The van der Waals surface area contributed by atoms with Gasteiger partial charge < -0.3 is 5.32 Å². The lowest BCUT2D eigenvalue weighted by Gasteiger charge is -2.13. The summed E-state index contributed by atoms with van der Waals surface area (Å²) in [6, 6.07) is 3.79. The van der Waals surface area contributed by atoms with Crippen LogP contribution in [-0.2, 0) is 16.4 Å². The second kappa shape index (κ2) is 5.96. The van der Waals surface area contributed by atoms with E-state index < -0.39 is 9.84 Å². The molecule has 0 spiro atoms. The average Bonchev–Trinajstić information content (AvgIpc) is 2.27. The number of hydrogen-bond acceptors (Lipinski definition) is 4. The Morgan fingerprint density at radius 2 is 2.25 bits per heavy atom. The van der Waals surface area contributed by atoms with E-state index in [1.165, 1.54) is 0 Å². The normalized spacial score (nSPS) is 13.6. The number of nitrogens with one attached hydrogen (secondary N) is 1. The van der Waals surface area contributed by atoms with E-state index in [1.54, 1.807) is 19.3 Å². The molecule has 1 heterocycles. The summed E-state index contributed by atoms with van der Waals surface area (Å²) in [4.78, 5) is 4.00. The maximum absolute atomic E-state index is 11.4. The van der Waals surface area contributed by atoms with Crippen LogP contribution in [0.4, 0.5) is 0 Å². The molecule has 1 unspecified atom stereocenters. The molecule has 0 saturated heterocycles. The fourth-order valence-corrected chi connectivity index (χ4v) is 2.47. The lowest BCUT2D eigenvalue weighted by Crippen LogP contribution is -2.33. The number of sulfone groups is 1. The van der Waals surface area contributed by atoms with Crippen molar-refractivity contribution < 1.29 is 8.42 Å². The van der Waals surface area contributed by atoms with Crippen LogP contribution in [0.5, 0.6) is 0 Å². The fourth-order valence-electron chi connectivity index (χ4n) is 1.35. The van der Waals surface area contributed by atoms with Gasteiger partial charge in [-0.1, -0.05) is 13.0 Å². The molecule has 0 bridgehead atoms. The molecule has 0 radical (unpaired) electrons. The summed E-state index contributed by atoms with van der Waals surface area (Å²) in [6.45, 7) is 4.20. The van der Waals surface area contributed by atoms with Gasteiger partial charge >= 0.3 is 0 Å². The topological polar surface area (TPSA) is 59.1 Å². The minimum Gasteiger partial charge on any atom is -0.309 e. The summed E-state index contributed by atoms with van der Waals surface area (Å²) in [6.07, 6.45) is 3.49. The number of rotatable bonds is 6. The number of pyridine rings is 1. The van der Waals surface area contributed by atoms with Gasteiger partial charge in [0.1, 0.15) is 0 Å². The lowest BCUT2D eigenvalue weighted by molar-refractivity contribution is 0.557. The minimum absolute atomic E-state index is 0.0369. The summed E-state index contributed by atoms with van der Waals surface area (Å²) < 4.78 is 22.7. The molecule has 1 aromatic rings. The van der Waals surface area contributed by atoms with Crippen LogP contribution in [0, 0.1) is 0 Å². The largest absolute Gasteiger partial charge is 0.309 e. The van der Waals surface area contributed by atoms with E-state index in [4.69, 9.17) is 0 Å². The SMILES string of the molecule is CCS(=O)(=O)CC(C)NCc1cccnc1. The monoisotopic (exact) mass is 242 g/mol. The van der Waals surface area contributed by atoms with Gasteiger partial charge in [0.2, 0.25) is 0 Å². The summed E-state index contributed by atoms with van der Waals surface area (Å²) in [5.41, 5.74) is 1.06. The first-order chi connectivity index (χ1) is 7.53. The summed E-state index contributed by atoms with van der Waals surface area (Å²) in [7, 11) is -2.90. The maximum atomic E-state index is 11.4. The molecule has 16 heavy (non-hydrogen) atoms. The van der Waals surface area contributed by atoms with Crippen molar-refractivity contribution in [1.29, 1.82) is 0 Å². The molecule has 0 fully saturated rings. The number of nitrogens with zero attached hydrogens (tertiary/aromatic N) is 1. The van der Waals surface area contributed by atoms with Crippen molar-refractivity contribution in [3.8, 4) is 0 Å². The Labute approximate surface area is 97.0 Å². The van der Waals surface area contributed by atoms with Crippen molar-refractivity contribution in [3.05, 3.63) is 30.1 Å². The van der Waals surface area contributed by atoms with Gasteiger partial charge in [-0.05, 0) is 18.6 Å². The predicted octanol–water partition coefficient (Wildman–Crippen LogP) is 0.994. The van der Waals surface area contributed by atoms with E-state index in [0.717, 1.165) is 5.56 Å². The number of hydrogen-bond donors (Lipinski definition) is 1. The molecule has 1 aromatic heterocycles. The summed E-state index contributed by atoms with van der Waals surface area (Å²) >= 11 is 0. The van der Waals surface area contributed by atoms with Crippen LogP contribution in [-0.4, -0.2) is 30.9 Å². The average molecular weight is 242 g/mol. The predicted molar refractivity (Wildman–Crippen MR) is 64.9 cm³/mol. The minimum atomic E-state index is -2.90. The molecule has 4 nitrogen and oxygen atoms in total. The highest BCUT2D eigenvalue weighted by Gasteiger charge is 2.12. The van der Waals surface area contributed by atoms with Crippen molar-refractivity contribution in [2.45, 2.75) is 26.4 Å². The van der Waals surface area contributed by atoms with Crippen molar-refractivity contribution in [1.82, 2.24) is 10.3 Å². The summed E-state index contributed by atoms with van der Waals surface area (Å²) in [5, 5.41) is 3.17. The van der Waals surface area contributed by atoms with Crippen LogP contribution < -0.4 is 5.32 Å². The molecule has 5 heteroatoms. The molecule has 0 aliphatic rings. The van der Waals surface area contributed by atoms with Crippen molar-refractivity contribution in [2.24, 2.45) is 0 Å². The second-order valence-corrected chi connectivity index (χ2v) is 6.24. The highest BCUT2D eigenvalue weighted by Crippen LogP contribution is 1.98. The second-order valence-electron chi connectivity index (χ2n) is 3.84. The first-order valence-corrected chi connectivity index (χ1v) is 7.18. The fraction of sp³-hybridized carbons (Fsp3) is 0.545. The van der Waals surface area contributed by atoms with Crippen LogP contribution in [0.25, 0.3) is 0 Å². The van der Waals surface area contributed by atoms with Gasteiger partial charge in [0.15, 0.2) is 9.84 Å². The molecule has 0 amide bonds. The van der Waals surface area contributed by atoms with Gasteiger partial charge in [0.05, 0.1) is 5.75 Å². The van der Waals surface area contributed by atoms with Crippen LogP contribution in [0.15, 0.2) is 24.5 Å². The third kappa shape index (κ3) is 4.72. The molecular weight excluding hydrogens is 224 g/mol. The van der Waals surface area contributed by atoms with Gasteiger partial charge in [0.25, 0.3) is 0 Å². The molecule has 0 saturated carbocycles. The van der Waals surface area contributed by atoms with E-state index in [2.05, 4.69) is 10.3 Å². The summed E-state index contributed by atoms with van der Waals surface area (Å²) in [5.74, 6) is 0.385. The van der Waals surface area contributed by atoms with E-state index >= 15 is 0 Å². The third-order valence-corrected chi connectivity index (χ3v) is 4.21. The number of aromatic nitrogens is 1. The first-order valence-electron chi connectivity index (χ1n) is 5.36. The van der Waals surface area contributed by atoms with E-state index in [-0.39, 0.29) is 17.5 Å². The Morgan fingerprint density at radius 3 is 2.81 bits per heavy atom. The van der Waals surface area contributed by atoms with Gasteiger partial charge in [-0.3, -0.25) is 4.98 Å². The highest BCUT2D eigenvalue weighted by atomic mass is 32.2. The van der Waals surface area contributed by atoms with E-state index in [9.17, 15) is 8.42 Å². The Hall–Kier alpha value is -0.940. The van der Waals surface area contributed by atoms with Crippen LogP contribution in [0.1, 0.15) is 19.4 Å². The first kappa shape index (κ1) is 13.1. The zero-order chi connectivity index (χ0) is 12.0. The highest BCUT2D eigenvalue weighted by molar-refractivity contribution is 7.91. The zero-order valence-electron chi connectivity index (χ0n) is 9.68. The van der Waals surface area contributed by atoms with Crippen molar-refractivity contribution in [2.75, 3.05) is 11.5 Å². The molecular formula is C11H18N2O2S. The standard InChI is InChI=1S/C11H18N2O2S/c1-3-16(14,15)9-10(2)13-8-11-5-4-6-12-7-11/h4-7,10,13H,3,8-9H2,1-2H3. The molecule has 0 aromatic carbocycles. The Kier molecular flexibility index (Phi) is 4.89. The third-order valence-electron chi connectivity index (χ3n) is 2.32. The Balaban J connectivity index is 2.39. The lowest BCUT2D eigenvalue weighted by atomic mass is 10.2. The molecule has 0 aliphatic heterocycles. The molecule has 1 N–H and O–H groups in total. The van der Waals surface area contributed by atoms with Gasteiger partial charge in [-0.15, -0.1) is 0 Å². The van der Waals surface area contributed by atoms with Crippen LogP contribution in [0.2, 0.25) is 0 Å². The molecule has 1 atom stereocenters. The molecule has 0 aliphatic carbocycles. The van der Waals surface area contributed by atoms with Crippen LogP contribution >= 0.6 is 0 Å².